The number of halogens is 3. The van der Waals surface area contributed by atoms with Crippen LogP contribution in [0.2, 0.25) is 5.02 Å². The number of thioether (sulfide) groups is 1. The minimum atomic E-state index is -0.791. The topological polar surface area (TPSA) is 35.0 Å². The zero-order valence-electron chi connectivity index (χ0n) is 15.7. The van der Waals surface area contributed by atoms with Crippen LogP contribution in [0.1, 0.15) is 32.0 Å². The maximum Gasteiger partial charge on any atom is 0.223 e. The summed E-state index contributed by atoms with van der Waals surface area (Å²) in [7, 11) is 0. The molecule has 0 spiro atoms. The summed E-state index contributed by atoms with van der Waals surface area (Å²) in [6, 6.07) is 12.4. The Labute approximate surface area is 172 Å². The molecule has 0 fully saturated rings. The Morgan fingerprint density at radius 2 is 1.79 bits per heavy atom. The summed E-state index contributed by atoms with van der Waals surface area (Å²) in [5.74, 6) is -0.772. The molecule has 0 radical (unpaired) electrons. The molecule has 3 rings (SSSR count). The molecule has 0 aliphatic rings. The Kier molecular flexibility index (Phi) is 6.20. The Bertz CT molecular complexity index is 992. The van der Waals surface area contributed by atoms with E-state index in [1.165, 1.54) is 17.8 Å². The average molecular weight is 421 g/mol. The third-order valence-corrected chi connectivity index (χ3v) is 5.14. The SMILES string of the molecule is CC(C)(C)c1cc(Oc2ccc(F)cc2F)nc(SCc2ccccc2Cl)n1. The van der Waals surface area contributed by atoms with Gasteiger partial charge in [0.2, 0.25) is 5.88 Å². The molecule has 28 heavy (non-hydrogen) atoms. The molecular formula is C21H19ClF2N2OS. The van der Waals surface area contributed by atoms with Crippen LogP contribution >= 0.6 is 23.4 Å². The van der Waals surface area contributed by atoms with E-state index in [1.54, 1.807) is 6.07 Å². The van der Waals surface area contributed by atoms with Crippen LogP contribution < -0.4 is 4.74 Å². The van der Waals surface area contributed by atoms with E-state index in [9.17, 15) is 8.78 Å². The van der Waals surface area contributed by atoms with Crippen LogP contribution in [-0.2, 0) is 11.2 Å². The van der Waals surface area contributed by atoms with Gasteiger partial charge in [-0.15, -0.1) is 0 Å². The molecule has 0 atom stereocenters. The van der Waals surface area contributed by atoms with Crippen molar-refractivity contribution in [2.45, 2.75) is 37.1 Å². The molecule has 7 heteroatoms. The molecule has 2 aromatic carbocycles. The van der Waals surface area contributed by atoms with Crippen LogP contribution in [0.4, 0.5) is 8.78 Å². The first-order valence-corrected chi connectivity index (χ1v) is 9.97. The lowest BCUT2D eigenvalue weighted by Crippen LogP contribution is -2.14. The highest BCUT2D eigenvalue weighted by molar-refractivity contribution is 7.98. The largest absolute Gasteiger partial charge is 0.436 e. The zero-order chi connectivity index (χ0) is 20.3. The van der Waals surface area contributed by atoms with Gasteiger partial charge in [0.1, 0.15) is 5.82 Å². The minimum absolute atomic E-state index is 0.0954. The highest BCUT2D eigenvalue weighted by Crippen LogP contribution is 2.31. The van der Waals surface area contributed by atoms with E-state index >= 15 is 0 Å². The second-order valence-corrected chi connectivity index (χ2v) is 8.53. The lowest BCUT2D eigenvalue weighted by atomic mass is 9.92. The van der Waals surface area contributed by atoms with Crippen molar-refractivity contribution in [2.24, 2.45) is 0 Å². The number of ether oxygens (including phenoxy) is 1. The first kappa shape index (κ1) is 20.6. The summed E-state index contributed by atoms with van der Waals surface area (Å²) < 4.78 is 32.7. The van der Waals surface area contributed by atoms with Crippen molar-refractivity contribution >= 4 is 23.4 Å². The van der Waals surface area contributed by atoms with Gasteiger partial charge < -0.3 is 4.74 Å². The van der Waals surface area contributed by atoms with Crippen LogP contribution in [0, 0.1) is 11.6 Å². The van der Waals surface area contributed by atoms with Gasteiger partial charge in [-0.3, -0.25) is 0 Å². The lowest BCUT2D eigenvalue weighted by Gasteiger charge is -2.19. The van der Waals surface area contributed by atoms with Gasteiger partial charge in [-0.25, -0.2) is 13.8 Å². The number of benzene rings is 2. The molecule has 0 aliphatic carbocycles. The highest BCUT2D eigenvalue weighted by Gasteiger charge is 2.20. The van der Waals surface area contributed by atoms with Crippen molar-refractivity contribution in [1.82, 2.24) is 9.97 Å². The molecule has 0 unspecified atom stereocenters. The predicted molar refractivity (Wildman–Crippen MR) is 108 cm³/mol. The van der Waals surface area contributed by atoms with Crippen molar-refractivity contribution in [1.29, 1.82) is 0 Å². The van der Waals surface area contributed by atoms with E-state index in [0.29, 0.717) is 15.9 Å². The fraction of sp³-hybridized carbons (Fsp3) is 0.238. The van der Waals surface area contributed by atoms with E-state index in [4.69, 9.17) is 16.3 Å². The maximum atomic E-state index is 14.0. The van der Waals surface area contributed by atoms with Crippen LogP contribution in [-0.4, -0.2) is 9.97 Å². The fourth-order valence-corrected chi connectivity index (χ4v) is 3.47. The maximum absolute atomic E-state index is 14.0. The van der Waals surface area contributed by atoms with Gasteiger partial charge in [0.05, 0.1) is 5.69 Å². The highest BCUT2D eigenvalue weighted by atomic mass is 35.5. The second-order valence-electron chi connectivity index (χ2n) is 7.18. The van der Waals surface area contributed by atoms with E-state index in [-0.39, 0.29) is 17.0 Å². The second kappa shape index (κ2) is 8.45. The first-order valence-electron chi connectivity index (χ1n) is 8.61. The summed E-state index contributed by atoms with van der Waals surface area (Å²) in [5, 5.41) is 1.16. The van der Waals surface area contributed by atoms with Gasteiger partial charge in [0, 0.05) is 28.3 Å². The molecule has 3 aromatic rings. The van der Waals surface area contributed by atoms with Gasteiger partial charge in [-0.05, 0) is 23.8 Å². The average Bonchev–Trinajstić information content (AvgIpc) is 2.62. The van der Waals surface area contributed by atoms with Crippen LogP contribution in [0.5, 0.6) is 11.6 Å². The minimum Gasteiger partial charge on any atom is -0.436 e. The van der Waals surface area contributed by atoms with Gasteiger partial charge in [-0.2, -0.15) is 4.98 Å². The van der Waals surface area contributed by atoms with Crippen molar-refractivity contribution in [3.8, 4) is 11.6 Å². The summed E-state index contributed by atoms with van der Waals surface area (Å²) >= 11 is 7.62. The van der Waals surface area contributed by atoms with E-state index < -0.39 is 11.6 Å². The standard InChI is InChI=1S/C21H19ClF2N2OS/c1-21(2,3)18-11-19(27-17-9-8-14(23)10-16(17)24)26-20(25-18)28-12-13-6-4-5-7-15(13)22/h4-11H,12H2,1-3H3. The summed E-state index contributed by atoms with van der Waals surface area (Å²) in [4.78, 5) is 8.98. The Balaban J connectivity index is 1.89. The molecule has 0 amide bonds. The predicted octanol–water partition coefficient (Wildman–Crippen LogP) is 6.79. The quantitative estimate of drug-likeness (QED) is 0.336. The zero-order valence-corrected chi connectivity index (χ0v) is 17.2. The molecular weight excluding hydrogens is 402 g/mol. The Morgan fingerprint density at radius 3 is 2.46 bits per heavy atom. The molecule has 0 saturated carbocycles. The fourth-order valence-electron chi connectivity index (χ4n) is 2.33. The smallest absolute Gasteiger partial charge is 0.223 e. The Hall–Kier alpha value is -2.18. The van der Waals surface area contributed by atoms with Gasteiger partial charge in [0.25, 0.3) is 0 Å². The van der Waals surface area contributed by atoms with Crippen LogP contribution in [0.3, 0.4) is 0 Å². The van der Waals surface area contributed by atoms with Crippen molar-refractivity contribution < 1.29 is 13.5 Å². The van der Waals surface area contributed by atoms with Crippen LogP contribution in [0.15, 0.2) is 53.7 Å². The molecule has 1 heterocycles. The number of rotatable bonds is 5. The monoisotopic (exact) mass is 420 g/mol. The van der Waals surface area contributed by atoms with Crippen LogP contribution in [0.25, 0.3) is 0 Å². The van der Waals surface area contributed by atoms with E-state index in [0.717, 1.165) is 23.4 Å². The molecule has 0 saturated heterocycles. The van der Waals surface area contributed by atoms with E-state index in [2.05, 4.69) is 9.97 Å². The first-order chi connectivity index (χ1) is 13.2. The third kappa shape index (κ3) is 5.20. The van der Waals surface area contributed by atoms with Gasteiger partial charge >= 0.3 is 0 Å². The number of hydrogen-bond donors (Lipinski definition) is 0. The summed E-state index contributed by atoms with van der Waals surface area (Å²) in [5.41, 5.74) is 1.45. The Morgan fingerprint density at radius 1 is 1.04 bits per heavy atom. The summed E-state index contributed by atoms with van der Waals surface area (Å²) in [6.45, 7) is 6.04. The number of nitrogens with zero attached hydrogens (tertiary/aromatic N) is 2. The normalized spacial score (nSPS) is 11.5. The number of hydrogen-bond acceptors (Lipinski definition) is 4. The molecule has 3 nitrogen and oxygen atoms in total. The molecule has 0 bridgehead atoms. The molecule has 0 aliphatic heterocycles. The summed E-state index contributed by atoms with van der Waals surface area (Å²) in [6.07, 6.45) is 0. The molecule has 146 valence electrons. The van der Waals surface area contributed by atoms with Gasteiger partial charge in [0.15, 0.2) is 16.7 Å². The molecule has 0 N–H and O–H groups in total. The van der Waals surface area contributed by atoms with Gasteiger partial charge in [-0.1, -0.05) is 62.3 Å². The van der Waals surface area contributed by atoms with Crippen molar-refractivity contribution in [2.75, 3.05) is 0 Å². The third-order valence-electron chi connectivity index (χ3n) is 3.87. The van der Waals surface area contributed by atoms with Crippen molar-refractivity contribution in [3.63, 3.8) is 0 Å². The van der Waals surface area contributed by atoms with Crippen molar-refractivity contribution in [3.05, 3.63) is 76.4 Å². The number of aromatic nitrogens is 2. The molecule has 1 aromatic heterocycles. The van der Waals surface area contributed by atoms with E-state index in [1.807, 2.05) is 45.0 Å². The lowest BCUT2D eigenvalue weighted by molar-refractivity contribution is 0.414.